The lowest BCUT2D eigenvalue weighted by Crippen LogP contribution is -2.14. The van der Waals surface area contributed by atoms with Gasteiger partial charge in [-0.05, 0) is 24.3 Å². The van der Waals surface area contributed by atoms with Crippen molar-refractivity contribution in [2.75, 3.05) is 5.32 Å². The third-order valence-electron chi connectivity index (χ3n) is 3.11. The molecular formula is C16H14N4O2S3. The maximum Gasteiger partial charge on any atom is 0.257 e. The van der Waals surface area contributed by atoms with Crippen molar-refractivity contribution in [1.29, 1.82) is 0 Å². The summed E-state index contributed by atoms with van der Waals surface area (Å²) in [6.07, 6.45) is 0.0667. The van der Waals surface area contributed by atoms with Crippen LogP contribution in [0, 0.1) is 0 Å². The van der Waals surface area contributed by atoms with E-state index in [9.17, 15) is 9.59 Å². The van der Waals surface area contributed by atoms with Crippen LogP contribution < -0.4 is 11.1 Å². The number of hydrogen-bond acceptors (Lipinski definition) is 7. The number of rotatable bonds is 7. The highest BCUT2D eigenvalue weighted by Gasteiger charge is 2.10. The first-order valence-corrected chi connectivity index (χ1v) is 10.0. The monoisotopic (exact) mass is 390 g/mol. The summed E-state index contributed by atoms with van der Waals surface area (Å²) in [5.74, 6) is 0.113. The third-order valence-corrected chi connectivity index (χ3v) is 5.60. The van der Waals surface area contributed by atoms with E-state index in [4.69, 9.17) is 5.73 Å². The maximum atomic E-state index is 12.2. The number of nitrogens with zero attached hydrogens (tertiary/aromatic N) is 2. The first-order chi connectivity index (χ1) is 12.1. The molecule has 25 heavy (non-hydrogen) atoms. The molecular weight excluding hydrogens is 376 g/mol. The molecule has 0 aliphatic carbocycles. The van der Waals surface area contributed by atoms with E-state index in [0.29, 0.717) is 16.4 Å². The molecule has 3 aromatic rings. The molecule has 3 N–H and O–H groups in total. The molecule has 3 rings (SSSR count). The fraction of sp³-hybridized carbons (Fsp3) is 0.125. The van der Waals surface area contributed by atoms with Crippen LogP contribution in [0.1, 0.15) is 21.7 Å². The van der Waals surface area contributed by atoms with Gasteiger partial charge in [0.25, 0.3) is 5.91 Å². The molecule has 2 heterocycles. The van der Waals surface area contributed by atoms with Crippen molar-refractivity contribution < 1.29 is 9.59 Å². The van der Waals surface area contributed by atoms with E-state index >= 15 is 0 Å². The number of hydrogen-bond donors (Lipinski definition) is 2. The number of amides is 2. The number of thioether (sulfide) groups is 1. The Morgan fingerprint density at radius 3 is 2.64 bits per heavy atom. The molecule has 0 aliphatic heterocycles. The fourth-order valence-corrected chi connectivity index (χ4v) is 4.13. The van der Waals surface area contributed by atoms with Crippen molar-refractivity contribution in [3.8, 4) is 0 Å². The van der Waals surface area contributed by atoms with Crippen LogP contribution in [0.5, 0.6) is 0 Å². The largest absolute Gasteiger partial charge is 0.369 e. The van der Waals surface area contributed by atoms with Crippen molar-refractivity contribution in [3.63, 3.8) is 0 Å². The summed E-state index contributed by atoms with van der Waals surface area (Å²) in [5, 5.41) is 6.90. The highest BCUT2D eigenvalue weighted by molar-refractivity contribution is 7.98. The lowest BCUT2D eigenvalue weighted by molar-refractivity contribution is -0.117. The summed E-state index contributed by atoms with van der Waals surface area (Å²) in [6, 6.07) is 7.37. The van der Waals surface area contributed by atoms with Gasteiger partial charge in [0.2, 0.25) is 5.91 Å². The van der Waals surface area contributed by atoms with Crippen LogP contribution in [0.15, 0.2) is 45.4 Å². The number of nitrogens with two attached hydrogens (primary N) is 1. The lowest BCUT2D eigenvalue weighted by atomic mass is 10.2. The first-order valence-electron chi connectivity index (χ1n) is 7.24. The molecule has 128 valence electrons. The highest BCUT2D eigenvalue weighted by Crippen LogP contribution is 2.23. The Morgan fingerprint density at radius 2 is 1.96 bits per heavy atom. The molecule has 9 heteroatoms. The fourth-order valence-electron chi connectivity index (χ4n) is 1.96. The van der Waals surface area contributed by atoms with E-state index in [-0.39, 0.29) is 12.3 Å². The minimum absolute atomic E-state index is 0.0667. The molecule has 0 saturated carbocycles. The minimum Gasteiger partial charge on any atom is -0.369 e. The zero-order chi connectivity index (χ0) is 17.6. The van der Waals surface area contributed by atoms with Crippen molar-refractivity contribution in [2.24, 2.45) is 5.73 Å². The van der Waals surface area contributed by atoms with E-state index in [1.54, 1.807) is 40.6 Å². The van der Waals surface area contributed by atoms with Gasteiger partial charge in [-0.1, -0.05) is 0 Å². The van der Waals surface area contributed by atoms with Crippen molar-refractivity contribution in [3.05, 3.63) is 57.5 Å². The van der Waals surface area contributed by atoms with Gasteiger partial charge in [-0.2, -0.15) is 0 Å². The summed E-state index contributed by atoms with van der Waals surface area (Å²) in [4.78, 5) is 32.6. The van der Waals surface area contributed by atoms with E-state index in [2.05, 4.69) is 15.3 Å². The number of benzene rings is 1. The molecule has 2 amide bonds. The second-order valence-electron chi connectivity index (χ2n) is 5.03. The summed E-state index contributed by atoms with van der Waals surface area (Å²) in [6.45, 7) is 0. The quantitative estimate of drug-likeness (QED) is 0.604. The Bertz CT molecular complexity index is 860. The number of anilines is 1. The zero-order valence-corrected chi connectivity index (χ0v) is 15.4. The third kappa shape index (κ3) is 5.12. The molecule has 0 aliphatic rings. The number of carbonyl (C=O) groups excluding carboxylic acids is 2. The van der Waals surface area contributed by atoms with E-state index in [1.165, 1.54) is 11.3 Å². The van der Waals surface area contributed by atoms with Crippen LogP contribution in [-0.2, 0) is 17.0 Å². The van der Waals surface area contributed by atoms with Crippen LogP contribution in [0.2, 0.25) is 0 Å². The van der Waals surface area contributed by atoms with Gasteiger partial charge in [0.15, 0.2) is 5.13 Å². The molecule has 2 aromatic heterocycles. The van der Waals surface area contributed by atoms with Crippen LogP contribution in [0.25, 0.3) is 0 Å². The Hall–Kier alpha value is -2.23. The number of nitrogens with one attached hydrogen (secondary N) is 1. The average Bonchev–Trinajstić information content (AvgIpc) is 3.25. The van der Waals surface area contributed by atoms with E-state index in [0.717, 1.165) is 16.3 Å². The Labute approximate surface area is 156 Å². The molecule has 0 unspecified atom stereocenters. The van der Waals surface area contributed by atoms with Gasteiger partial charge in [-0.3, -0.25) is 14.9 Å². The molecule has 0 spiro atoms. The lowest BCUT2D eigenvalue weighted by Gasteiger charge is -2.04. The van der Waals surface area contributed by atoms with Gasteiger partial charge < -0.3 is 5.73 Å². The van der Waals surface area contributed by atoms with Gasteiger partial charge in [-0.15, -0.1) is 34.4 Å². The van der Waals surface area contributed by atoms with Gasteiger partial charge in [0, 0.05) is 27.0 Å². The molecule has 0 bridgehead atoms. The zero-order valence-electron chi connectivity index (χ0n) is 13.0. The van der Waals surface area contributed by atoms with Gasteiger partial charge >= 0.3 is 0 Å². The predicted molar refractivity (Wildman–Crippen MR) is 101 cm³/mol. The minimum atomic E-state index is -0.450. The Morgan fingerprint density at radius 1 is 1.16 bits per heavy atom. The number of aromatic nitrogens is 2. The first kappa shape index (κ1) is 17.6. The smallest absolute Gasteiger partial charge is 0.257 e. The van der Waals surface area contributed by atoms with Crippen molar-refractivity contribution in [2.45, 2.75) is 17.1 Å². The van der Waals surface area contributed by atoms with Crippen molar-refractivity contribution in [1.82, 2.24) is 9.97 Å². The van der Waals surface area contributed by atoms with Crippen LogP contribution in [0.3, 0.4) is 0 Å². The van der Waals surface area contributed by atoms with Crippen LogP contribution in [-0.4, -0.2) is 21.8 Å². The Balaban J connectivity index is 1.56. The van der Waals surface area contributed by atoms with Gasteiger partial charge in [0.05, 0.1) is 23.3 Å². The number of primary amides is 1. The van der Waals surface area contributed by atoms with E-state index in [1.807, 2.05) is 23.0 Å². The molecule has 6 nitrogen and oxygen atoms in total. The highest BCUT2D eigenvalue weighted by atomic mass is 32.2. The van der Waals surface area contributed by atoms with Crippen molar-refractivity contribution >= 4 is 51.4 Å². The standard InChI is InChI=1S/C16H14N4O2S3/c17-14(21)5-11-7-25-16(19-11)20-15(22)10-1-3-13(4-2-10)24-8-12-6-23-9-18-12/h1-4,6-7,9H,5,8H2,(H2,17,21)(H,19,20,22). The summed E-state index contributed by atoms with van der Waals surface area (Å²) < 4.78 is 0. The number of carbonyl (C=O) groups is 2. The maximum absolute atomic E-state index is 12.2. The molecule has 1 aromatic carbocycles. The predicted octanol–water partition coefficient (Wildman–Crippen LogP) is 3.17. The van der Waals surface area contributed by atoms with E-state index < -0.39 is 5.91 Å². The average molecular weight is 391 g/mol. The van der Waals surface area contributed by atoms with Crippen LogP contribution >= 0.6 is 34.4 Å². The van der Waals surface area contributed by atoms with Crippen LogP contribution in [0.4, 0.5) is 5.13 Å². The molecule has 0 fully saturated rings. The second-order valence-corrected chi connectivity index (χ2v) is 7.66. The topological polar surface area (TPSA) is 98.0 Å². The normalized spacial score (nSPS) is 10.6. The molecule has 0 saturated heterocycles. The second kappa shape index (κ2) is 8.24. The number of thiazole rings is 2. The summed E-state index contributed by atoms with van der Waals surface area (Å²) in [5.41, 5.74) is 9.10. The molecule has 0 radical (unpaired) electrons. The Kier molecular flexibility index (Phi) is 5.79. The van der Waals surface area contributed by atoms with Gasteiger partial charge in [0.1, 0.15) is 0 Å². The SMILES string of the molecule is NC(=O)Cc1csc(NC(=O)c2ccc(SCc3cscn3)cc2)n1. The molecule has 0 atom stereocenters. The summed E-state index contributed by atoms with van der Waals surface area (Å²) >= 11 is 4.51. The summed E-state index contributed by atoms with van der Waals surface area (Å²) in [7, 11) is 0. The van der Waals surface area contributed by atoms with Gasteiger partial charge in [-0.25, -0.2) is 9.97 Å².